The first kappa shape index (κ1) is 19.4. The molecule has 1 saturated heterocycles. The first-order chi connectivity index (χ1) is 13.6. The van der Waals surface area contributed by atoms with Crippen molar-refractivity contribution in [3.05, 3.63) is 52.6 Å². The lowest BCUT2D eigenvalue weighted by molar-refractivity contribution is 0.0447. The van der Waals surface area contributed by atoms with E-state index in [2.05, 4.69) is 9.80 Å². The summed E-state index contributed by atoms with van der Waals surface area (Å²) in [4.78, 5) is 10.6. The Morgan fingerprint density at radius 1 is 1.18 bits per heavy atom. The number of piperazine rings is 1. The molecule has 0 aromatic carbocycles. The van der Waals surface area contributed by atoms with E-state index in [1.54, 1.807) is 11.3 Å². The Morgan fingerprint density at radius 2 is 2.07 bits per heavy atom. The summed E-state index contributed by atoms with van der Waals surface area (Å²) in [5.74, 6) is 3.52. The Labute approximate surface area is 169 Å². The van der Waals surface area contributed by atoms with Crippen molar-refractivity contribution < 1.29 is 13.9 Å². The molecular formula is C21H27N3O3S. The summed E-state index contributed by atoms with van der Waals surface area (Å²) in [6.45, 7) is 8.52. The molecule has 6 nitrogen and oxygen atoms in total. The number of aliphatic hydroxyl groups is 1. The van der Waals surface area contributed by atoms with Gasteiger partial charge in [0.25, 0.3) is 0 Å². The van der Waals surface area contributed by atoms with Gasteiger partial charge >= 0.3 is 0 Å². The van der Waals surface area contributed by atoms with E-state index in [-0.39, 0.29) is 6.61 Å². The van der Waals surface area contributed by atoms with Crippen LogP contribution in [-0.2, 0) is 13.1 Å². The third-order valence-electron chi connectivity index (χ3n) is 5.30. The molecule has 28 heavy (non-hydrogen) atoms. The molecular weight excluding hydrogens is 374 g/mol. The average Bonchev–Trinajstić information content (AvgIpc) is 3.40. The number of thiophene rings is 1. The van der Waals surface area contributed by atoms with Crippen LogP contribution in [0.4, 0.5) is 0 Å². The Hall–Kier alpha value is -1.93. The molecule has 1 unspecified atom stereocenters. The lowest BCUT2D eigenvalue weighted by Crippen LogP contribution is -2.52. The number of hydrogen-bond acceptors (Lipinski definition) is 7. The number of hydrogen-bond donors (Lipinski definition) is 1. The minimum absolute atomic E-state index is 0.192. The van der Waals surface area contributed by atoms with Gasteiger partial charge < -0.3 is 13.9 Å². The van der Waals surface area contributed by atoms with E-state index < -0.39 is 0 Å². The van der Waals surface area contributed by atoms with Gasteiger partial charge in [-0.2, -0.15) is 0 Å². The van der Waals surface area contributed by atoms with Gasteiger partial charge in [-0.15, -0.1) is 11.3 Å². The van der Waals surface area contributed by atoms with Crippen LogP contribution in [0.3, 0.4) is 0 Å². The van der Waals surface area contributed by atoms with Crippen LogP contribution in [0, 0.1) is 13.8 Å². The molecule has 0 radical (unpaired) electrons. The molecule has 4 heterocycles. The highest BCUT2D eigenvalue weighted by Gasteiger charge is 2.28. The maximum atomic E-state index is 9.54. The van der Waals surface area contributed by atoms with Gasteiger partial charge in [0, 0.05) is 38.8 Å². The van der Waals surface area contributed by atoms with Crippen molar-refractivity contribution in [2.24, 2.45) is 0 Å². The molecule has 1 N–H and O–H groups in total. The molecule has 4 rings (SSSR count). The molecule has 0 saturated carbocycles. The van der Waals surface area contributed by atoms with Crippen LogP contribution in [0.2, 0.25) is 0 Å². The van der Waals surface area contributed by atoms with Gasteiger partial charge in [0.05, 0.1) is 17.1 Å². The molecule has 0 amide bonds. The van der Waals surface area contributed by atoms with Crippen molar-refractivity contribution in [2.45, 2.75) is 39.4 Å². The van der Waals surface area contributed by atoms with Gasteiger partial charge in [0.2, 0.25) is 5.89 Å². The maximum absolute atomic E-state index is 9.54. The minimum atomic E-state index is 0.192. The molecule has 0 bridgehead atoms. The highest BCUT2D eigenvalue weighted by atomic mass is 32.1. The molecule has 3 aromatic heterocycles. The van der Waals surface area contributed by atoms with Crippen LogP contribution in [-0.4, -0.2) is 52.2 Å². The lowest BCUT2D eigenvalue weighted by Gasteiger charge is -2.40. The number of furan rings is 1. The average molecular weight is 402 g/mol. The highest BCUT2D eigenvalue weighted by molar-refractivity contribution is 7.13. The molecule has 1 aliphatic heterocycles. The quantitative estimate of drug-likeness (QED) is 0.651. The Bertz CT molecular complexity index is 887. The second kappa shape index (κ2) is 8.61. The molecule has 3 aromatic rings. The molecule has 0 spiro atoms. The molecule has 7 heteroatoms. The number of rotatable bonds is 7. The fourth-order valence-electron chi connectivity index (χ4n) is 3.79. The first-order valence-corrected chi connectivity index (χ1v) is 10.6. The summed E-state index contributed by atoms with van der Waals surface area (Å²) < 4.78 is 11.6. The second-order valence-corrected chi connectivity index (χ2v) is 8.33. The Balaban J connectivity index is 1.41. The fraction of sp³-hybridized carbons (Fsp3) is 0.476. The SMILES string of the molecule is Cc1ccc(CN2CCN(Cc3nc(-c4cccs4)oc3C)CC2CCO)o1. The molecule has 1 atom stereocenters. The predicted molar refractivity (Wildman–Crippen MR) is 109 cm³/mol. The zero-order valence-electron chi connectivity index (χ0n) is 16.4. The van der Waals surface area contributed by atoms with Gasteiger partial charge in [-0.05, 0) is 43.8 Å². The predicted octanol–water partition coefficient (Wildman–Crippen LogP) is 3.68. The third-order valence-corrected chi connectivity index (χ3v) is 6.16. The van der Waals surface area contributed by atoms with Crippen LogP contribution >= 0.6 is 11.3 Å². The van der Waals surface area contributed by atoms with E-state index in [1.165, 1.54) is 0 Å². The lowest BCUT2D eigenvalue weighted by atomic mass is 10.1. The highest BCUT2D eigenvalue weighted by Crippen LogP contribution is 2.27. The smallest absolute Gasteiger partial charge is 0.236 e. The van der Waals surface area contributed by atoms with E-state index in [9.17, 15) is 5.11 Å². The summed E-state index contributed by atoms with van der Waals surface area (Å²) in [5, 5.41) is 11.6. The van der Waals surface area contributed by atoms with Crippen molar-refractivity contribution in [1.29, 1.82) is 0 Å². The van der Waals surface area contributed by atoms with Crippen molar-refractivity contribution in [1.82, 2.24) is 14.8 Å². The standard InChI is InChI=1S/C21H27N3O3S/c1-15-5-6-18(26-15)13-24-9-8-23(12-17(24)7-10-25)14-19-16(2)27-21(22-19)20-4-3-11-28-20/h3-6,11,17,25H,7-10,12-14H2,1-2H3. The van der Waals surface area contributed by atoms with E-state index in [0.29, 0.717) is 11.9 Å². The molecule has 150 valence electrons. The number of oxazole rings is 1. The summed E-state index contributed by atoms with van der Waals surface area (Å²) in [6, 6.07) is 8.39. The van der Waals surface area contributed by atoms with Crippen LogP contribution < -0.4 is 0 Å². The summed E-state index contributed by atoms with van der Waals surface area (Å²) in [7, 11) is 0. The zero-order chi connectivity index (χ0) is 19.5. The van der Waals surface area contributed by atoms with E-state index in [4.69, 9.17) is 13.8 Å². The number of aromatic nitrogens is 1. The zero-order valence-corrected chi connectivity index (χ0v) is 17.2. The monoisotopic (exact) mass is 401 g/mol. The Kier molecular flexibility index (Phi) is 5.96. The van der Waals surface area contributed by atoms with Gasteiger partial charge in [0.15, 0.2) is 0 Å². The van der Waals surface area contributed by atoms with Crippen molar-refractivity contribution in [3.63, 3.8) is 0 Å². The topological polar surface area (TPSA) is 65.9 Å². The summed E-state index contributed by atoms with van der Waals surface area (Å²) >= 11 is 1.64. The van der Waals surface area contributed by atoms with Crippen LogP contribution in [0.25, 0.3) is 10.8 Å². The van der Waals surface area contributed by atoms with Crippen molar-refractivity contribution in [3.8, 4) is 10.8 Å². The molecule has 1 fully saturated rings. The summed E-state index contributed by atoms with van der Waals surface area (Å²) in [5.41, 5.74) is 1.00. The minimum Gasteiger partial charge on any atom is -0.465 e. The number of aryl methyl sites for hydroxylation is 2. The number of nitrogens with zero attached hydrogens (tertiary/aromatic N) is 3. The van der Waals surface area contributed by atoms with Gasteiger partial charge in [-0.25, -0.2) is 4.98 Å². The maximum Gasteiger partial charge on any atom is 0.236 e. The van der Waals surface area contributed by atoms with E-state index in [1.807, 2.05) is 43.5 Å². The van der Waals surface area contributed by atoms with Crippen LogP contribution in [0.5, 0.6) is 0 Å². The van der Waals surface area contributed by atoms with Crippen LogP contribution in [0.15, 0.2) is 38.5 Å². The van der Waals surface area contributed by atoms with Gasteiger partial charge in [0.1, 0.15) is 17.3 Å². The van der Waals surface area contributed by atoms with E-state index in [0.717, 1.165) is 67.0 Å². The number of aliphatic hydroxyl groups excluding tert-OH is 1. The largest absolute Gasteiger partial charge is 0.465 e. The van der Waals surface area contributed by atoms with Gasteiger partial charge in [-0.3, -0.25) is 9.80 Å². The molecule has 0 aliphatic carbocycles. The van der Waals surface area contributed by atoms with Crippen LogP contribution in [0.1, 0.15) is 29.4 Å². The summed E-state index contributed by atoms with van der Waals surface area (Å²) in [6.07, 6.45) is 0.758. The third kappa shape index (κ3) is 4.38. The Morgan fingerprint density at radius 3 is 2.79 bits per heavy atom. The van der Waals surface area contributed by atoms with Crippen molar-refractivity contribution in [2.75, 3.05) is 26.2 Å². The van der Waals surface area contributed by atoms with Gasteiger partial charge in [-0.1, -0.05) is 6.07 Å². The molecule has 1 aliphatic rings. The fourth-order valence-corrected chi connectivity index (χ4v) is 4.44. The van der Waals surface area contributed by atoms with Crippen molar-refractivity contribution >= 4 is 11.3 Å². The van der Waals surface area contributed by atoms with E-state index >= 15 is 0 Å². The first-order valence-electron chi connectivity index (χ1n) is 9.75. The second-order valence-electron chi connectivity index (χ2n) is 7.38. The normalized spacial score (nSPS) is 18.8.